The third-order valence-electron chi connectivity index (χ3n) is 11.4. The zero-order chi connectivity index (χ0) is 25.3. The highest BCUT2D eigenvalue weighted by atomic mass is 16.3. The summed E-state index contributed by atoms with van der Waals surface area (Å²) in [5.74, 6) is 1.40. The number of allylic oxidation sites excluding steroid dienone is 2. The van der Waals surface area contributed by atoms with Crippen LogP contribution in [-0.4, -0.2) is 44.3 Å². The van der Waals surface area contributed by atoms with Crippen LogP contribution in [-0.2, 0) is 0 Å². The molecule has 9 unspecified atom stereocenters. The Morgan fingerprint density at radius 2 is 1.71 bits per heavy atom. The van der Waals surface area contributed by atoms with Gasteiger partial charge in [0.25, 0.3) is 0 Å². The summed E-state index contributed by atoms with van der Waals surface area (Å²) in [7, 11) is 0. The van der Waals surface area contributed by atoms with Crippen molar-refractivity contribution in [3.8, 4) is 0 Å². The van der Waals surface area contributed by atoms with Crippen LogP contribution >= 0.6 is 0 Å². The smallest absolute Gasteiger partial charge is 0.0849 e. The Morgan fingerprint density at radius 1 is 1.03 bits per heavy atom. The minimum Gasteiger partial charge on any atom is -0.392 e. The van der Waals surface area contributed by atoms with E-state index in [1.807, 2.05) is 0 Å². The average Bonchev–Trinajstić information content (AvgIpc) is 2.91. The topological polar surface area (TPSA) is 80.9 Å². The van der Waals surface area contributed by atoms with E-state index >= 15 is 0 Å². The van der Waals surface area contributed by atoms with Crippen LogP contribution < -0.4 is 0 Å². The Balaban J connectivity index is 1.59. The molecular formula is C30H50O4. The Hall–Kier alpha value is -0.680. The van der Waals surface area contributed by atoms with Gasteiger partial charge in [-0.3, -0.25) is 0 Å². The summed E-state index contributed by atoms with van der Waals surface area (Å²) < 4.78 is 0. The van der Waals surface area contributed by atoms with Crippen molar-refractivity contribution in [2.45, 2.75) is 124 Å². The molecule has 4 N–H and O–H groups in total. The molecule has 0 heterocycles. The van der Waals surface area contributed by atoms with Crippen LogP contribution in [0.5, 0.6) is 0 Å². The Bertz CT molecular complexity index is 835. The van der Waals surface area contributed by atoms with Crippen molar-refractivity contribution in [3.63, 3.8) is 0 Å². The standard InChI is InChI=1S/C30H50O4/c1-18(8-10-25(33)28(4,5)34)21-13-15-30(7)26-20(12-14-29(21,30)6)16-19-9-11-24(32)27(2,3)22(19)17-23(26)31/h9,12,18,21-26,31-34H,8,10-11,13-17H2,1-7H3. The Labute approximate surface area is 207 Å². The summed E-state index contributed by atoms with van der Waals surface area (Å²) >= 11 is 0. The number of aliphatic hydroxyl groups is 4. The molecule has 0 saturated heterocycles. The van der Waals surface area contributed by atoms with E-state index in [1.165, 1.54) is 11.1 Å². The third kappa shape index (κ3) is 4.05. The van der Waals surface area contributed by atoms with Gasteiger partial charge < -0.3 is 20.4 Å². The molecule has 4 rings (SSSR count). The van der Waals surface area contributed by atoms with E-state index in [0.29, 0.717) is 18.3 Å². The van der Waals surface area contributed by atoms with Crippen molar-refractivity contribution < 1.29 is 20.4 Å². The van der Waals surface area contributed by atoms with Gasteiger partial charge in [-0.15, -0.1) is 0 Å². The number of fused-ring (bicyclic) bond motifs is 4. The van der Waals surface area contributed by atoms with E-state index in [1.54, 1.807) is 13.8 Å². The molecular weight excluding hydrogens is 424 g/mol. The predicted octanol–water partition coefficient (Wildman–Crippen LogP) is 5.39. The maximum Gasteiger partial charge on any atom is 0.0849 e. The van der Waals surface area contributed by atoms with Gasteiger partial charge in [-0.2, -0.15) is 0 Å². The second kappa shape index (κ2) is 8.71. The lowest BCUT2D eigenvalue weighted by molar-refractivity contribution is -0.0696. The molecule has 194 valence electrons. The van der Waals surface area contributed by atoms with E-state index in [9.17, 15) is 20.4 Å². The van der Waals surface area contributed by atoms with Crippen molar-refractivity contribution in [3.05, 3.63) is 23.3 Å². The molecule has 9 atom stereocenters. The third-order valence-corrected chi connectivity index (χ3v) is 11.4. The highest BCUT2D eigenvalue weighted by Gasteiger charge is 2.62. The zero-order valence-corrected chi connectivity index (χ0v) is 22.6. The van der Waals surface area contributed by atoms with Crippen LogP contribution in [0.3, 0.4) is 0 Å². The summed E-state index contributed by atoms with van der Waals surface area (Å²) in [6.07, 6.45) is 10.6. The molecule has 0 aromatic carbocycles. The maximum absolute atomic E-state index is 11.7. The van der Waals surface area contributed by atoms with Crippen LogP contribution in [0.2, 0.25) is 0 Å². The van der Waals surface area contributed by atoms with Crippen LogP contribution in [0.1, 0.15) is 99.8 Å². The minimum atomic E-state index is -1.06. The molecule has 0 aliphatic heterocycles. The van der Waals surface area contributed by atoms with Crippen LogP contribution in [0.25, 0.3) is 0 Å². The molecule has 2 fully saturated rings. The average molecular weight is 475 g/mol. The fourth-order valence-electron chi connectivity index (χ4n) is 8.68. The van der Waals surface area contributed by atoms with Gasteiger partial charge in [0.1, 0.15) is 0 Å². The largest absolute Gasteiger partial charge is 0.392 e. The summed E-state index contributed by atoms with van der Waals surface area (Å²) in [5, 5.41) is 43.0. The second-order valence-corrected chi connectivity index (χ2v) is 14.0. The molecule has 0 aromatic rings. The molecule has 34 heavy (non-hydrogen) atoms. The van der Waals surface area contributed by atoms with Gasteiger partial charge in [0.15, 0.2) is 0 Å². The van der Waals surface area contributed by atoms with Gasteiger partial charge in [-0.25, -0.2) is 0 Å². The predicted molar refractivity (Wildman–Crippen MR) is 137 cm³/mol. The quantitative estimate of drug-likeness (QED) is 0.403. The second-order valence-electron chi connectivity index (χ2n) is 14.0. The van der Waals surface area contributed by atoms with Gasteiger partial charge in [0.05, 0.1) is 23.9 Å². The lowest BCUT2D eigenvalue weighted by Crippen LogP contribution is -2.50. The van der Waals surface area contributed by atoms with Gasteiger partial charge in [0.2, 0.25) is 0 Å². The van der Waals surface area contributed by atoms with Crippen molar-refractivity contribution >= 4 is 0 Å². The first-order chi connectivity index (χ1) is 15.6. The normalized spacial score (nSPS) is 43.6. The van der Waals surface area contributed by atoms with Gasteiger partial charge in [-0.05, 0) is 99.2 Å². The maximum atomic E-state index is 11.7. The van der Waals surface area contributed by atoms with Crippen molar-refractivity contribution in [2.24, 2.45) is 39.9 Å². The minimum absolute atomic E-state index is 0.0428. The molecule has 0 spiro atoms. The molecule has 2 saturated carbocycles. The van der Waals surface area contributed by atoms with Crippen LogP contribution in [0.15, 0.2) is 23.3 Å². The zero-order valence-electron chi connectivity index (χ0n) is 22.6. The van der Waals surface area contributed by atoms with E-state index in [0.717, 1.165) is 44.9 Å². The van der Waals surface area contributed by atoms with Gasteiger partial charge in [0, 0.05) is 5.92 Å². The SMILES string of the molecule is CC(CCC(O)C(C)(C)O)C1CCC2(C)C3C(=CCC12C)CC1=CCC(O)C(C)(C)C1CC3O. The van der Waals surface area contributed by atoms with Crippen molar-refractivity contribution in [1.82, 2.24) is 0 Å². The highest BCUT2D eigenvalue weighted by Crippen LogP contribution is 2.69. The molecule has 4 aliphatic rings. The molecule has 0 bridgehead atoms. The number of hydrogen-bond donors (Lipinski definition) is 4. The van der Waals surface area contributed by atoms with Crippen molar-refractivity contribution in [2.75, 3.05) is 0 Å². The first-order valence-electron chi connectivity index (χ1n) is 13.8. The molecule has 4 heteroatoms. The first-order valence-corrected chi connectivity index (χ1v) is 13.8. The molecule has 0 aromatic heterocycles. The van der Waals surface area contributed by atoms with Crippen molar-refractivity contribution in [1.29, 1.82) is 0 Å². The Kier molecular flexibility index (Phi) is 6.76. The molecule has 0 amide bonds. The van der Waals surface area contributed by atoms with E-state index in [-0.39, 0.29) is 40.3 Å². The summed E-state index contributed by atoms with van der Waals surface area (Å²) in [6.45, 7) is 14.9. The lowest BCUT2D eigenvalue weighted by atomic mass is 9.50. The first kappa shape index (κ1) is 26.4. The molecule has 4 aliphatic carbocycles. The monoisotopic (exact) mass is 474 g/mol. The highest BCUT2D eigenvalue weighted by molar-refractivity contribution is 5.33. The number of aliphatic hydroxyl groups excluding tert-OH is 3. The van der Waals surface area contributed by atoms with Gasteiger partial charge in [-0.1, -0.05) is 57.9 Å². The van der Waals surface area contributed by atoms with Crippen LogP contribution in [0, 0.1) is 39.9 Å². The van der Waals surface area contributed by atoms with E-state index in [4.69, 9.17) is 0 Å². The van der Waals surface area contributed by atoms with Gasteiger partial charge >= 0.3 is 0 Å². The summed E-state index contributed by atoms with van der Waals surface area (Å²) in [4.78, 5) is 0. The number of hydrogen-bond acceptors (Lipinski definition) is 4. The van der Waals surface area contributed by atoms with E-state index in [2.05, 4.69) is 46.8 Å². The fraction of sp³-hybridized carbons (Fsp3) is 0.867. The van der Waals surface area contributed by atoms with E-state index < -0.39 is 11.7 Å². The lowest BCUT2D eigenvalue weighted by Gasteiger charge is -2.54. The Morgan fingerprint density at radius 3 is 2.35 bits per heavy atom. The summed E-state index contributed by atoms with van der Waals surface area (Å²) in [5.41, 5.74) is 1.74. The fourth-order valence-corrected chi connectivity index (χ4v) is 8.68. The molecule has 0 radical (unpaired) electrons. The number of rotatable bonds is 5. The van der Waals surface area contributed by atoms with Crippen LogP contribution in [0.4, 0.5) is 0 Å². The molecule has 4 nitrogen and oxygen atoms in total. The summed E-state index contributed by atoms with van der Waals surface area (Å²) in [6, 6.07) is 0.